The highest BCUT2D eigenvalue weighted by Gasteiger charge is 2.01. The van der Waals surface area contributed by atoms with Gasteiger partial charge in [0.15, 0.2) is 0 Å². The fraction of sp³-hybridized carbons (Fsp3) is 0.286. The molecule has 2 rings (SSSR count). The normalized spacial score (nSPS) is 10.4. The zero-order valence-electron chi connectivity index (χ0n) is 10.9. The van der Waals surface area contributed by atoms with Crippen molar-refractivity contribution in [2.75, 3.05) is 12.4 Å². The molecule has 0 spiro atoms. The van der Waals surface area contributed by atoms with Crippen LogP contribution in [0.2, 0.25) is 0 Å². The van der Waals surface area contributed by atoms with Gasteiger partial charge in [-0.15, -0.1) is 11.8 Å². The molecule has 0 bridgehead atoms. The Morgan fingerprint density at radius 1 is 1.17 bits per heavy atom. The number of nitrogens with zero attached hydrogens (tertiary/aromatic N) is 2. The highest BCUT2D eigenvalue weighted by atomic mass is 32.2. The Labute approximate surface area is 112 Å². The number of hydrogen-bond donors (Lipinski definition) is 1. The number of nitrogens with one attached hydrogen (secondary N) is 1. The Kier molecular flexibility index (Phi) is 4.20. The Morgan fingerprint density at radius 2 is 1.89 bits per heavy atom. The molecule has 1 aromatic carbocycles. The largest absolute Gasteiger partial charge is 0.357 e. The molecule has 0 radical (unpaired) electrons. The van der Waals surface area contributed by atoms with Gasteiger partial charge in [-0.2, -0.15) is 0 Å². The number of aromatic nitrogens is 2. The van der Waals surface area contributed by atoms with E-state index in [9.17, 15) is 0 Å². The predicted molar refractivity (Wildman–Crippen MR) is 77.1 cm³/mol. The third-order valence-corrected chi connectivity index (χ3v) is 3.52. The highest BCUT2D eigenvalue weighted by Crippen LogP contribution is 2.22. The molecule has 0 fully saturated rings. The predicted octanol–water partition coefficient (Wildman–Crippen LogP) is 3.43. The van der Waals surface area contributed by atoms with Crippen LogP contribution in [0.15, 0.2) is 35.5 Å². The molecule has 0 unspecified atom stereocenters. The van der Waals surface area contributed by atoms with Gasteiger partial charge in [-0.3, -0.25) is 0 Å². The van der Waals surface area contributed by atoms with Crippen LogP contribution in [0.25, 0.3) is 0 Å². The molecule has 0 aliphatic carbocycles. The van der Waals surface area contributed by atoms with Gasteiger partial charge >= 0.3 is 0 Å². The molecule has 0 atom stereocenters. The van der Waals surface area contributed by atoms with E-state index in [1.807, 2.05) is 13.1 Å². The lowest BCUT2D eigenvalue weighted by Crippen LogP contribution is -1.96. The van der Waals surface area contributed by atoms with Gasteiger partial charge in [0.25, 0.3) is 0 Å². The molecule has 0 saturated carbocycles. The number of rotatable bonds is 4. The summed E-state index contributed by atoms with van der Waals surface area (Å²) in [5.41, 5.74) is 3.95. The summed E-state index contributed by atoms with van der Waals surface area (Å²) in [6.45, 7) is 4.26. The minimum atomic E-state index is 0.667. The van der Waals surface area contributed by atoms with Crippen molar-refractivity contribution in [2.45, 2.75) is 24.6 Å². The van der Waals surface area contributed by atoms with Gasteiger partial charge in [-0.05, 0) is 25.5 Å². The van der Waals surface area contributed by atoms with Crippen LogP contribution in [0.3, 0.4) is 0 Å². The fourth-order valence-corrected chi connectivity index (χ4v) is 2.64. The standard InChI is InChI=1S/C14H17N3S/c1-10-6-11(2)8-12(7-10)9-18-13-4-5-16-14(15-3)17-13/h4-8H,9H2,1-3H3,(H,15,16,17). The first-order valence-corrected chi connectivity index (χ1v) is 6.87. The molecule has 1 aromatic heterocycles. The lowest BCUT2D eigenvalue weighted by Gasteiger charge is -2.05. The number of benzene rings is 1. The Hall–Kier alpha value is -1.55. The summed E-state index contributed by atoms with van der Waals surface area (Å²) in [6.07, 6.45) is 1.78. The smallest absolute Gasteiger partial charge is 0.223 e. The van der Waals surface area contributed by atoms with Crippen molar-refractivity contribution >= 4 is 17.7 Å². The second-order valence-corrected chi connectivity index (χ2v) is 5.25. The maximum atomic E-state index is 4.39. The van der Waals surface area contributed by atoms with E-state index >= 15 is 0 Å². The maximum Gasteiger partial charge on any atom is 0.223 e. The van der Waals surface area contributed by atoms with E-state index in [4.69, 9.17) is 0 Å². The van der Waals surface area contributed by atoms with Crippen molar-refractivity contribution < 1.29 is 0 Å². The Balaban J connectivity index is 2.06. The van der Waals surface area contributed by atoms with Gasteiger partial charge < -0.3 is 5.32 Å². The topological polar surface area (TPSA) is 37.8 Å². The molecule has 3 nitrogen and oxygen atoms in total. The summed E-state index contributed by atoms with van der Waals surface area (Å²) in [5.74, 6) is 1.60. The average Bonchev–Trinajstić information content (AvgIpc) is 2.35. The first kappa shape index (κ1) is 12.9. The van der Waals surface area contributed by atoms with Crippen LogP contribution in [0.4, 0.5) is 5.95 Å². The first-order valence-electron chi connectivity index (χ1n) is 5.88. The van der Waals surface area contributed by atoms with Crippen molar-refractivity contribution in [3.8, 4) is 0 Å². The Bertz CT molecular complexity index is 520. The van der Waals surface area contributed by atoms with Crippen LogP contribution in [-0.4, -0.2) is 17.0 Å². The minimum absolute atomic E-state index is 0.667. The zero-order chi connectivity index (χ0) is 13.0. The monoisotopic (exact) mass is 259 g/mol. The van der Waals surface area contributed by atoms with Crippen LogP contribution in [0.1, 0.15) is 16.7 Å². The van der Waals surface area contributed by atoms with Crippen molar-refractivity contribution in [2.24, 2.45) is 0 Å². The SMILES string of the molecule is CNc1nccc(SCc2cc(C)cc(C)c2)n1. The van der Waals surface area contributed by atoms with E-state index in [1.54, 1.807) is 18.0 Å². The van der Waals surface area contributed by atoms with Gasteiger partial charge in [0.05, 0.1) is 0 Å². The van der Waals surface area contributed by atoms with Crippen LogP contribution in [0.5, 0.6) is 0 Å². The van der Waals surface area contributed by atoms with E-state index < -0.39 is 0 Å². The average molecular weight is 259 g/mol. The van der Waals surface area contributed by atoms with E-state index in [0.29, 0.717) is 5.95 Å². The third-order valence-electron chi connectivity index (χ3n) is 2.52. The van der Waals surface area contributed by atoms with Crippen molar-refractivity contribution in [1.29, 1.82) is 0 Å². The van der Waals surface area contributed by atoms with Crippen LogP contribution >= 0.6 is 11.8 Å². The third kappa shape index (κ3) is 3.47. The molecule has 0 aliphatic rings. The molecule has 1 heterocycles. The van der Waals surface area contributed by atoms with Crippen LogP contribution < -0.4 is 5.32 Å². The summed E-state index contributed by atoms with van der Waals surface area (Å²) in [7, 11) is 1.83. The van der Waals surface area contributed by atoms with Gasteiger partial charge in [-0.25, -0.2) is 9.97 Å². The zero-order valence-corrected chi connectivity index (χ0v) is 11.7. The molecule has 1 N–H and O–H groups in total. The van der Waals surface area contributed by atoms with Crippen LogP contribution in [0, 0.1) is 13.8 Å². The molecule has 2 aromatic rings. The molecule has 0 saturated heterocycles. The van der Waals surface area contributed by atoms with Crippen molar-refractivity contribution in [3.63, 3.8) is 0 Å². The number of hydrogen-bond acceptors (Lipinski definition) is 4. The molecule has 0 amide bonds. The van der Waals surface area contributed by atoms with Gasteiger partial charge in [0.1, 0.15) is 5.03 Å². The van der Waals surface area contributed by atoms with Gasteiger partial charge in [-0.1, -0.05) is 29.3 Å². The van der Waals surface area contributed by atoms with Crippen molar-refractivity contribution in [1.82, 2.24) is 9.97 Å². The molecule has 4 heteroatoms. The Morgan fingerprint density at radius 3 is 2.56 bits per heavy atom. The maximum absolute atomic E-state index is 4.39. The van der Waals surface area contributed by atoms with Crippen molar-refractivity contribution in [3.05, 3.63) is 47.2 Å². The van der Waals surface area contributed by atoms with Gasteiger partial charge in [0.2, 0.25) is 5.95 Å². The number of thioether (sulfide) groups is 1. The second-order valence-electron chi connectivity index (χ2n) is 4.25. The van der Waals surface area contributed by atoms with Crippen LogP contribution in [-0.2, 0) is 5.75 Å². The lowest BCUT2D eigenvalue weighted by atomic mass is 10.1. The quantitative estimate of drug-likeness (QED) is 0.674. The molecular weight excluding hydrogens is 242 g/mol. The second kappa shape index (κ2) is 5.87. The molecule has 0 aliphatic heterocycles. The van der Waals surface area contributed by atoms with E-state index in [1.165, 1.54) is 16.7 Å². The van der Waals surface area contributed by atoms with E-state index in [2.05, 4.69) is 47.3 Å². The summed E-state index contributed by atoms with van der Waals surface area (Å²) in [4.78, 5) is 8.50. The summed E-state index contributed by atoms with van der Waals surface area (Å²) in [6, 6.07) is 8.58. The fourth-order valence-electron chi connectivity index (χ4n) is 1.85. The van der Waals surface area contributed by atoms with E-state index in [-0.39, 0.29) is 0 Å². The number of aryl methyl sites for hydroxylation is 2. The molecule has 94 valence electrons. The molecule has 18 heavy (non-hydrogen) atoms. The molecular formula is C14H17N3S. The highest BCUT2D eigenvalue weighted by molar-refractivity contribution is 7.98. The first-order chi connectivity index (χ1) is 8.67. The summed E-state index contributed by atoms with van der Waals surface area (Å²) < 4.78 is 0. The lowest BCUT2D eigenvalue weighted by molar-refractivity contribution is 1.04. The summed E-state index contributed by atoms with van der Waals surface area (Å²) >= 11 is 1.73. The van der Waals surface area contributed by atoms with Gasteiger partial charge in [0, 0.05) is 19.0 Å². The minimum Gasteiger partial charge on any atom is -0.357 e. The van der Waals surface area contributed by atoms with E-state index in [0.717, 1.165) is 10.8 Å². The number of anilines is 1. The summed E-state index contributed by atoms with van der Waals surface area (Å²) in [5, 5.41) is 3.94.